The standard InChI is InChI=1S/C26H23NO4S/c1-18-8-11-21(12-9-18)32-15-14-30-23-13-10-19(17-24(23)29-2)16-22-26(28)31-25(27-22)20-6-4-3-5-7-20/h3-13,16-17H,14-15H2,1-2H3/b22-16+. The minimum Gasteiger partial charge on any atom is -0.493 e. The lowest BCUT2D eigenvalue weighted by Crippen LogP contribution is -2.05. The Kier molecular flexibility index (Phi) is 6.92. The van der Waals surface area contributed by atoms with Crippen molar-refractivity contribution in [2.24, 2.45) is 4.99 Å². The lowest BCUT2D eigenvalue weighted by atomic mass is 10.1. The molecular formula is C26H23NO4S. The molecule has 0 radical (unpaired) electrons. The number of aryl methyl sites for hydroxylation is 1. The number of hydrogen-bond acceptors (Lipinski definition) is 6. The number of aliphatic imine (C=N–C) groups is 1. The van der Waals surface area contributed by atoms with Gasteiger partial charge in [0.25, 0.3) is 0 Å². The van der Waals surface area contributed by atoms with E-state index in [-0.39, 0.29) is 5.70 Å². The molecule has 32 heavy (non-hydrogen) atoms. The van der Waals surface area contributed by atoms with E-state index in [0.717, 1.165) is 16.9 Å². The summed E-state index contributed by atoms with van der Waals surface area (Å²) in [6, 6.07) is 23.3. The zero-order chi connectivity index (χ0) is 22.3. The van der Waals surface area contributed by atoms with Gasteiger partial charge in [-0.25, -0.2) is 9.79 Å². The quantitative estimate of drug-likeness (QED) is 0.198. The number of rotatable bonds is 8. The van der Waals surface area contributed by atoms with Gasteiger partial charge in [-0.1, -0.05) is 42.0 Å². The molecule has 162 valence electrons. The molecule has 0 amide bonds. The van der Waals surface area contributed by atoms with Crippen LogP contribution in [0.3, 0.4) is 0 Å². The molecule has 1 heterocycles. The largest absolute Gasteiger partial charge is 0.493 e. The van der Waals surface area contributed by atoms with Gasteiger partial charge in [-0.15, -0.1) is 11.8 Å². The SMILES string of the molecule is COc1cc(/C=C2/N=C(c3ccccc3)OC2=O)ccc1OCCSc1ccc(C)cc1. The summed E-state index contributed by atoms with van der Waals surface area (Å²) in [4.78, 5) is 17.8. The van der Waals surface area contributed by atoms with Crippen LogP contribution in [-0.2, 0) is 9.53 Å². The molecule has 3 aromatic rings. The molecule has 6 heteroatoms. The van der Waals surface area contributed by atoms with E-state index in [1.807, 2.05) is 48.5 Å². The molecular weight excluding hydrogens is 422 g/mol. The molecule has 0 atom stereocenters. The maximum absolute atomic E-state index is 12.2. The second-order valence-corrected chi connectivity index (χ2v) is 8.29. The minimum absolute atomic E-state index is 0.245. The Morgan fingerprint density at radius 2 is 1.78 bits per heavy atom. The van der Waals surface area contributed by atoms with Crippen LogP contribution in [0.25, 0.3) is 6.08 Å². The Hall–Kier alpha value is -3.51. The zero-order valence-electron chi connectivity index (χ0n) is 17.9. The van der Waals surface area contributed by atoms with Crippen molar-refractivity contribution in [2.45, 2.75) is 11.8 Å². The lowest BCUT2D eigenvalue weighted by Gasteiger charge is -2.11. The summed E-state index contributed by atoms with van der Waals surface area (Å²) in [5.74, 6) is 1.90. The molecule has 0 unspecified atom stereocenters. The number of benzene rings is 3. The van der Waals surface area contributed by atoms with E-state index in [2.05, 4.69) is 36.2 Å². The van der Waals surface area contributed by atoms with Crippen molar-refractivity contribution in [3.8, 4) is 11.5 Å². The van der Waals surface area contributed by atoms with E-state index in [0.29, 0.717) is 24.0 Å². The number of hydrogen-bond donors (Lipinski definition) is 0. The number of thioether (sulfide) groups is 1. The van der Waals surface area contributed by atoms with Crippen LogP contribution in [-0.4, -0.2) is 31.3 Å². The predicted molar refractivity (Wildman–Crippen MR) is 127 cm³/mol. The van der Waals surface area contributed by atoms with Crippen LogP contribution >= 0.6 is 11.8 Å². The monoisotopic (exact) mass is 445 g/mol. The lowest BCUT2D eigenvalue weighted by molar-refractivity contribution is -0.129. The zero-order valence-corrected chi connectivity index (χ0v) is 18.7. The fourth-order valence-electron chi connectivity index (χ4n) is 3.11. The number of carbonyl (C=O) groups excluding carboxylic acids is 1. The molecule has 0 saturated heterocycles. The van der Waals surface area contributed by atoms with Gasteiger partial charge in [0.1, 0.15) is 0 Å². The Balaban J connectivity index is 1.41. The van der Waals surface area contributed by atoms with Gasteiger partial charge in [-0.2, -0.15) is 0 Å². The molecule has 1 aliphatic heterocycles. The first kappa shape index (κ1) is 21.7. The van der Waals surface area contributed by atoms with E-state index < -0.39 is 5.97 Å². The molecule has 5 nitrogen and oxygen atoms in total. The van der Waals surface area contributed by atoms with E-state index in [1.54, 1.807) is 24.9 Å². The smallest absolute Gasteiger partial charge is 0.363 e. The highest BCUT2D eigenvalue weighted by atomic mass is 32.2. The molecule has 3 aromatic carbocycles. The molecule has 0 aromatic heterocycles. The summed E-state index contributed by atoms with van der Waals surface area (Å²) in [5, 5.41) is 0. The first-order valence-corrected chi connectivity index (χ1v) is 11.2. The number of nitrogens with zero attached hydrogens (tertiary/aromatic N) is 1. The van der Waals surface area contributed by atoms with Gasteiger partial charge in [0.05, 0.1) is 13.7 Å². The van der Waals surface area contributed by atoms with Crippen LogP contribution in [0.2, 0.25) is 0 Å². The van der Waals surface area contributed by atoms with Crippen molar-refractivity contribution in [1.29, 1.82) is 0 Å². The number of carbonyl (C=O) groups is 1. The van der Waals surface area contributed by atoms with Crippen molar-refractivity contribution in [3.63, 3.8) is 0 Å². The summed E-state index contributed by atoms with van der Waals surface area (Å²) in [6.45, 7) is 2.63. The first-order chi connectivity index (χ1) is 15.6. The van der Waals surface area contributed by atoms with Crippen LogP contribution in [0.4, 0.5) is 0 Å². The second-order valence-electron chi connectivity index (χ2n) is 7.12. The summed E-state index contributed by atoms with van der Waals surface area (Å²) in [5.41, 5.74) is 3.02. The summed E-state index contributed by atoms with van der Waals surface area (Å²) < 4.78 is 16.7. The van der Waals surface area contributed by atoms with E-state index in [4.69, 9.17) is 14.2 Å². The van der Waals surface area contributed by atoms with Crippen molar-refractivity contribution < 1.29 is 19.0 Å². The number of esters is 1. The molecule has 0 aliphatic carbocycles. The fraction of sp³-hybridized carbons (Fsp3) is 0.154. The van der Waals surface area contributed by atoms with Crippen molar-refractivity contribution in [1.82, 2.24) is 0 Å². The number of cyclic esters (lactones) is 1. The summed E-state index contributed by atoms with van der Waals surface area (Å²) in [6.07, 6.45) is 1.68. The van der Waals surface area contributed by atoms with Crippen LogP contribution in [0.1, 0.15) is 16.7 Å². The van der Waals surface area contributed by atoms with Gasteiger partial charge in [-0.3, -0.25) is 0 Å². The highest BCUT2D eigenvalue weighted by Gasteiger charge is 2.24. The molecule has 0 bridgehead atoms. The van der Waals surface area contributed by atoms with Crippen molar-refractivity contribution in [2.75, 3.05) is 19.5 Å². The van der Waals surface area contributed by atoms with Crippen molar-refractivity contribution in [3.05, 3.63) is 95.2 Å². The fourth-order valence-corrected chi connectivity index (χ4v) is 3.84. The van der Waals surface area contributed by atoms with Crippen LogP contribution in [0.5, 0.6) is 11.5 Å². The van der Waals surface area contributed by atoms with Gasteiger partial charge in [0, 0.05) is 16.2 Å². The molecule has 0 saturated carbocycles. The van der Waals surface area contributed by atoms with Gasteiger partial charge < -0.3 is 14.2 Å². The highest BCUT2D eigenvalue weighted by molar-refractivity contribution is 7.99. The van der Waals surface area contributed by atoms with E-state index >= 15 is 0 Å². The van der Waals surface area contributed by atoms with Crippen molar-refractivity contribution >= 4 is 29.7 Å². The van der Waals surface area contributed by atoms with Gasteiger partial charge in [0.2, 0.25) is 5.90 Å². The molecule has 0 N–H and O–H groups in total. The molecule has 1 aliphatic rings. The predicted octanol–water partition coefficient (Wildman–Crippen LogP) is 5.52. The van der Waals surface area contributed by atoms with E-state index in [1.165, 1.54) is 10.5 Å². The van der Waals surface area contributed by atoms with Gasteiger partial charge in [-0.05, 0) is 55.0 Å². The third-order valence-electron chi connectivity index (χ3n) is 4.76. The first-order valence-electron chi connectivity index (χ1n) is 10.2. The van der Waals surface area contributed by atoms with Crippen LogP contribution in [0, 0.1) is 6.92 Å². The van der Waals surface area contributed by atoms with E-state index in [9.17, 15) is 4.79 Å². The van der Waals surface area contributed by atoms with Gasteiger partial charge >= 0.3 is 5.97 Å². The summed E-state index contributed by atoms with van der Waals surface area (Å²) in [7, 11) is 1.59. The highest BCUT2D eigenvalue weighted by Crippen LogP contribution is 2.30. The Morgan fingerprint density at radius 1 is 1.00 bits per heavy atom. The Morgan fingerprint density at radius 3 is 2.53 bits per heavy atom. The summed E-state index contributed by atoms with van der Waals surface area (Å²) >= 11 is 1.74. The normalized spacial score (nSPS) is 14.2. The number of methoxy groups -OCH3 is 1. The Labute approximate surface area is 191 Å². The Bertz CT molecular complexity index is 1150. The minimum atomic E-state index is -0.476. The molecule has 4 rings (SSSR count). The average Bonchev–Trinajstić information content (AvgIpc) is 3.19. The maximum atomic E-state index is 12.2. The van der Waals surface area contributed by atoms with Crippen LogP contribution < -0.4 is 9.47 Å². The average molecular weight is 446 g/mol. The third-order valence-corrected chi connectivity index (χ3v) is 5.74. The molecule has 0 spiro atoms. The van der Waals surface area contributed by atoms with Crippen LogP contribution in [0.15, 0.2) is 88.4 Å². The number of ether oxygens (including phenoxy) is 3. The van der Waals surface area contributed by atoms with Gasteiger partial charge in [0.15, 0.2) is 17.2 Å². The maximum Gasteiger partial charge on any atom is 0.363 e. The molecule has 0 fully saturated rings. The topological polar surface area (TPSA) is 57.1 Å². The third kappa shape index (κ3) is 5.39. The second kappa shape index (κ2) is 10.2.